The lowest BCUT2D eigenvalue weighted by molar-refractivity contribution is -0.135. The quantitative estimate of drug-likeness (QED) is 0.328. The zero-order valence-corrected chi connectivity index (χ0v) is 21.8. The van der Waals surface area contributed by atoms with Gasteiger partial charge in [0.15, 0.2) is 0 Å². The van der Waals surface area contributed by atoms with Crippen molar-refractivity contribution >= 4 is 28.4 Å². The van der Waals surface area contributed by atoms with Crippen molar-refractivity contribution < 1.29 is 9.53 Å². The molecule has 0 bridgehead atoms. The molecule has 5 rings (SSSR count). The second-order valence-corrected chi connectivity index (χ2v) is 10.0. The fourth-order valence-corrected chi connectivity index (χ4v) is 5.29. The molecule has 1 atom stereocenters. The number of hydrogen-bond donors (Lipinski definition) is 0. The average Bonchev–Trinajstić information content (AvgIpc) is 3.51. The van der Waals surface area contributed by atoms with Crippen molar-refractivity contribution in [3.8, 4) is 17.0 Å². The highest BCUT2D eigenvalue weighted by Gasteiger charge is 2.33. The zero-order valence-electron chi connectivity index (χ0n) is 21.0. The van der Waals surface area contributed by atoms with Gasteiger partial charge in [-0.1, -0.05) is 37.6 Å². The number of ether oxygens (including phenoxy) is 1. The fourth-order valence-electron chi connectivity index (χ4n) is 5.07. The van der Waals surface area contributed by atoms with Crippen LogP contribution in [0.5, 0.6) is 5.75 Å². The molecule has 36 heavy (non-hydrogen) atoms. The number of pyridine rings is 2. The highest BCUT2D eigenvalue weighted by molar-refractivity contribution is 6.31. The molecule has 186 valence electrons. The Bertz CT molecular complexity index is 1430. The first-order valence-corrected chi connectivity index (χ1v) is 12.7. The first kappa shape index (κ1) is 24.3. The number of carbonyl (C=O) groups excluding carboxylic acids is 1. The number of carbonyl (C=O) groups is 1. The predicted molar refractivity (Wildman–Crippen MR) is 141 cm³/mol. The number of aryl methyl sites for hydroxylation is 2. The number of nitrogens with zero attached hydrogens (tertiary/aromatic N) is 5. The number of fused-ring (bicyclic) bond motifs is 1. The van der Waals surface area contributed by atoms with E-state index < -0.39 is 0 Å². The van der Waals surface area contributed by atoms with Crippen LogP contribution < -0.4 is 4.74 Å². The maximum absolute atomic E-state index is 12.9. The Hall–Kier alpha value is -3.45. The van der Waals surface area contributed by atoms with Crippen LogP contribution in [0.4, 0.5) is 0 Å². The smallest absolute Gasteiger partial charge is 0.225 e. The summed E-state index contributed by atoms with van der Waals surface area (Å²) in [5, 5.41) is 5.86. The molecule has 0 N–H and O–H groups in total. The summed E-state index contributed by atoms with van der Waals surface area (Å²) in [6.07, 6.45) is 7.10. The van der Waals surface area contributed by atoms with Crippen LogP contribution in [-0.2, 0) is 18.4 Å². The van der Waals surface area contributed by atoms with E-state index in [4.69, 9.17) is 21.3 Å². The minimum Gasteiger partial charge on any atom is -0.487 e. The van der Waals surface area contributed by atoms with Crippen LogP contribution in [0.3, 0.4) is 0 Å². The van der Waals surface area contributed by atoms with E-state index in [1.165, 1.54) is 0 Å². The number of hydrogen-bond acceptors (Lipinski definition) is 5. The number of para-hydroxylation sites is 1. The standard InChI is InChI=1S/C28H30ClN5O2/c1-17(2)28(35)34-12-6-8-25(34)21-14-30-15-23(29)22(21)16-36-26-9-5-7-19-20(13-18(3)32-27(19)26)24-10-11-31-33(24)4/h5,7,9-11,13-15,17,25H,6,8,12,16H2,1-4H3. The van der Waals surface area contributed by atoms with Gasteiger partial charge >= 0.3 is 0 Å². The molecule has 1 saturated heterocycles. The summed E-state index contributed by atoms with van der Waals surface area (Å²) < 4.78 is 8.24. The Balaban J connectivity index is 1.50. The first-order chi connectivity index (χ1) is 17.3. The van der Waals surface area contributed by atoms with Gasteiger partial charge in [-0.05, 0) is 38.0 Å². The molecule has 1 aromatic carbocycles. The monoisotopic (exact) mass is 503 g/mol. The van der Waals surface area contributed by atoms with Crippen molar-refractivity contribution in [3.05, 3.63) is 70.8 Å². The third-order valence-corrected chi connectivity index (χ3v) is 7.15. The van der Waals surface area contributed by atoms with Crippen molar-refractivity contribution in [2.24, 2.45) is 13.0 Å². The summed E-state index contributed by atoms with van der Waals surface area (Å²) in [5.74, 6) is 0.775. The van der Waals surface area contributed by atoms with Gasteiger partial charge in [0.05, 0.1) is 16.8 Å². The van der Waals surface area contributed by atoms with E-state index in [0.29, 0.717) is 10.8 Å². The molecule has 1 unspecified atom stereocenters. The van der Waals surface area contributed by atoms with Crippen LogP contribution >= 0.6 is 11.6 Å². The maximum Gasteiger partial charge on any atom is 0.225 e. The molecule has 1 fully saturated rings. The van der Waals surface area contributed by atoms with Gasteiger partial charge in [-0.15, -0.1) is 0 Å². The average molecular weight is 504 g/mol. The molecule has 4 heterocycles. The van der Waals surface area contributed by atoms with Crippen LogP contribution in [0.25, 0.3) is 22.2 Å². The van der Waals surface area contributed by atoms with Crippen molar-refractivity contribution in [1.82, 2.24) is 24.6 Å². The molecular formula is C28H30ClN5O2. The molecule has 1 aliphatic rings. The second-order valence-electron chi connectivity index (χ2n) is 9.63. The zero-order chi connectivity index (χ0) is 25.4. The molecule has 0 aliphatic carbocycles. The lowest BCUT2D eigenvalue weighted by atomic mass is 10.00. The Morgan fingerprint density at radius 3 is 2.83 bits per heavy atom. The molecule has 0 radical (unpaired) electrons. The third-order valence-electron chi connectivity index (χ3n) is 6.83. The Morgan fingerprint density at radius 1 is 1.25 bits per heavy atom. The summed E-state index contributed by atoms with van der Waals surface area (Å²) in [7, 11) is 1.93. The van der Waals surface area contributed by atoms with E-state index in [-0.39, 0.29) is 24.5 Å². The van der Waals surface area contributed by atoms with Gasteiger partial charge in [-0.25, -0.2) is 4.98 Å². The highest BCUT2D eigenvalue weighted by atomic mass is 35.5. The molecule has 0 spiro atoms. The molecular weight excluding hydrogens is 474 g/mol. The topological polar surface area (TPSA) is 73.1 Å². The van der Waals surface area contributed by atoms with Crippen LogP contribution in [0, 0.1) is 12.8 Å². The minimum absolute atomic E-state index is 0.0472. The fraction of sp³-hybridized carbons (Fsp3) is 0.357. The van der Waals surface area contributed by atoms with Gasteiger partial charge in [0.25, 0.3) is 0 Å². The number of aromatic nitrogens is 4. The van der Waals surface area contributed by atoms with Crippen LogP contribution in [0.2, 0.25) is 5.02 Å². The maximum atomic E-state index is 12.9. The number of amides is 1. The molecule has 1 aliphatic heterocycles. The third kappa shape index (κ3) is 4.44. The number of likely N-dealkylation sites (tertiary alicyclic amines) is 1. The Morgan fingerprint density at radius 2 is 2.08 bits per heavy atom. The summed E-state index contributed by atoms with van der Waals surface area (Å²) in [6.45, 7) is 6.86. The van der Waals surface area contributed by atoms with E-state index >= 15 is 0 Å². The van der Waals surface area contributed by atoms with E-state index in [0.717, 1.165) is 58.4 Å². The van der Waals surface area contributed by atoms with Crippen molar-refractivity contribution in [2.45, 2.75) is 46.3 Å². The molecule has 7 nitrogen and oxygen atoms in total. The van der Waals surface area contributed by atoms with Crippen molar-refractivity contribution in [1.29, 1.82) is 0 Å². The Labute approximate surface area is 216 Å². The van der Waals surface area contributed by atoms with Crippen LogP contribution in [0.1, 0.15) is 49.6 Å². The molecule has 1 amide bonds. The highest BCUT2D eigenvalue weighted by Crippen LogP contribution is 2.38. The van der Waals surface area contributed by atoms with E-state index in [1.54, 1.807) is 12.4 Å². The first-order valence-electron chi connectivity index (χ1n) is 12.3. The number of benzene rings is 1. The summed E-state index contributed by atoms with van der Waals surface area (Å²) in [4.78, 5) is 24.0. The molecule has 0 saturated carbocycles. The molecule has 8 heteroatoms. The number of halogens is 1. The van der Waals surface area contributed by atoms with Gasteiger partial charge in [0, 0.05) is 65.9 Å². The second kappa shape index (κ2) is 9.90. The molecule has 3 aromatic heterocycles. The van der Waals surface area contributed by atoms with E-state index in [2.05, 4.69) is 22.2 Å². The van der Waals surface area contributed by atoms with Crippen LogP contribution in [-0.4, -0.2) is 37.1 Å². The van der Waals surface area contributed by atoms with Gasteiger partial charge in [0.2, 0.25) is 5.91 Å². The predicted octanol–water partition coefficient (Wildman–Crippen LogP) is 5.89. The van der Waals surface area contributed by atoms with Crippen molar-refractivity contribution in [2.75, 3.05) is 6.54 Å². The van der Waals surface area contributed by atoms with Gasteiger partial charge in [-0.2, -0.15) is 5.10 Å². The van der Waals surface area contributed by atoms with Crippen molar-refractivity contribution in [3.63, 3.8) is 0 Å². The van der Waals surface area contributed by atoms with E-state index in [9.17, 15) is 4.79 Å². The minimum atomic E-state index is -0.0592. The summed E-state index contributed by atoms with van der Waals surface area (Å²) in [5.41, 5.74) is 5.56. The lowest BCUT2D eigenvalue weighted by Gasteiger charge is -2.28. The van der Waals surface area contributed by atoms with Crippen LogP contribution in [0.15, 0.2) is 48.9 Å². The van der Waals surface area contributed by atoms with Gasteiger partial charge < -0.3 is 9.64 Å². The SMILES string of the molecule is Cc1cc(-c2ccnn2C)c2cccc(OCc3c(Cl)cncc3C3CCCN3C(=O)C(C)C)c2n1. The summed E-state index contributed by atoms with van der Waals surface area (Å²) in [6, 6.07) is 9.98. The summed E-state index contributed by atoms with van der Waals surface area (Å²) >= 11 is 6.65. The van der Waals surface area contributed by atoms with E-state index in [1.807, 2.05) is 61.8 Å². The van der Waals surface area contributed by atoms with Gasteiger partial charge in [-0.3, -0.25) is 14.5 Å². The Kier molecular flexibility index (Phi) is 6.67. The molecule has 4 aromatic rings. The normalized spacial score (nSPS) is 15.7. The van der Waals surface area contributed by atoms with Gasteiger partial charge in [0.1, 0.15) is 17.9 Å². The largest absolute Gasteiger partial charge is 0.487 e. The number of rotatable bonds is 6. The lowest BCUT2D eigenvalue weighted by Crippen LogP contribution is -2.34.